The summed E-state index contributed by atoms with van der Waals surface area (Å²) in [6, 6.07) is 12.9. The number of benzene rings is 2. The molecule has 2 aromatic carbocycles. The van der Waals surface area contributed by atoms with Gasteiger partial charge in [-0.1, -0.05) is 37.3 Å². The van der Waals surface area contributed by atoms with Crippen LogP contribution in [0.2, 0.25) is 0 Å². The molecule has 0 amide bonds. The van der Waals surface area contributed by atoms with Crippen molar-refractivity contribution in [3.05, 3.63) is 64.9 Å². The zero-order chi connectivity index (χ0) is 18.1. The monoisotopic (exact) mass is 350 g/mol. The Bertz CT molecular complexity index is 857. The molecule has 1 unspecified atom stereocenters. The number of likely N-dealkylation sites (tertiary alicyclic amines) is 1. The minimum atomic E-state index is -0.118. The van der Waals surface area contributed by atoms with Crippen molar-refractivity contribution in [3.8, 4) is 11.5 Å². The number of aromatic hydroxyl groups is 1. The Morgan fingerprint density at radius 2 is 2.04 bits per heavy atom. The van der Waals surface area contributed by atoms with E-state index in [1.807, 2.05) is 30.3 Å². The van der Waals surface area contributed by atoms with Crippen molar-refractivity contribution in [3.63, 3.8) is 0 Å². The average Bonchev–Trinajstić information content (AvgIpc) is 2.95. The molecule has 1 fully saturated rings. The maximum absolute atomic E-state index is 12.7. The minimum absolute atomic E-state index is 0.118. The lowest BCUT2D eigenvalue weighted by molar-refractivity contribution is -0.922. The molecule has 2 aromatic rings. The fourth-order valence-corrected chi connectivity index (χ4v) is 3.98. The Kier molecular flexibility index (Phi) is 4.51. The zero-order valence-electron chi connectivity index (χ0n) is 15.0. The lowest BCUT2D eigenvalue weighted by Gasteiger charge is -2.28. The molecule has 2 aliphatic rings. The summed E-state index contributed by atoms with van der Waals surface area (Å²) in [6.07, 6.45) is 4.23. The van der Waals surface area contributed by atoms with Crippen molar-refractivity contribution < 1.29 is 19.5 Å². The third-order valence-electron chi connectivity index (χ3n) is 5.30. The molecule has 2 N–H and O–H groups in total. The van der Waals surface area contributed by atoms with Gasteiger partial charge in [0.15, 0.2) is 11.5 Å². The van der Waals surface area contributed by atoms with Crippen molar-refractivity contribution in [1.29, 1.82) is 0 Å². The minimum Gasteiger partial charge on any atom is -0.507 e. The van der Waals surface area contributed by atoms with Crippen LogP contribution in [0.15, 0.2) is 48.2 Å². The van der Waals surface area contributed by atoms with E-state index in [2.05, 4.69) is 6.92 Å². The highest BCUT2D eigenvalue weighted by molar-refractivity contribution is 6.14. The summed E-state index contributed by atoms with van der Waals surface area (Å²) >= 11 is 0. The first kappa shape index (κ1) is 16.9. The summed E-state index contributed by atoms with van der Waals surface area (Å²) in [5.74, 6) is 1.63. The van der Waals surface area contributed by atoms with Gasteiger partial charge in [0.25, 0.3) is 0 Å². The molecular weight excluding hydrogens is 326 g/mol. The van der Waals surface area contributed by atoms with Gasteiger partial charge < -0.3 is 14.7 Å². The van der Waals surface area contributed by atoms with Gasteiger partial charge in [-0.3, -0.25) is 4.79 Å². The van der Waals surface area contributed by atoms with Gasteiger partial charge in [0.05, 0.1) is 24.2 Å². The Morgan fingerprint density at radius 1 is 1.23 bits per heavy atom. The van der Waals surface area contributed by atoms with Crippen LogP contribution in [0, 0.1) is 5.92 Å². The Balaban J connectivity index is 1.64. The van der Waals surface area contributed by atoms with Gasteiger partial charge in [-0.2, -0.15) is 0 Å². The standard InChI is InChI=1S/C22H23NO3/c1-15-6-5-11-23(13-15)14-18-19(24)10-9-17-21(25)20(26-22(17)18)12-16-7-3-2-4-8-16/h2-4,7-10,12,15,24H,5-6,11,13-14H2,1H3/p+1/t15-/m0/s1. The summed E-state index contributed by atoms with van der Waals surface area (Å²) in [4.78, 5) is 14.2. The molecule has 0 aromatic heterocycles. The Morgan fingerprint density at radius 3 is 2.81 bits per heavy atom. The number of Topliss-reactive ketones (excluding diaryl/α,β-unsaturated/α-hetero) is 1. The van der Waals surface area contributed by atoms with Gasteiger partial charge in [0, 0.05) is 5.92 Å². The van der Waals surface area contributed by atoms with E-state index >= 15 is 0 Å². The molecule has 0 bridgehead atoms. The third-order valence-corrected chi connectivity index (χ3v) is 5.30. The lowest BCUT2D eigenvalue weighted by atomic mass is 9.99. The molecule has 134 valence electrons. The first-order valence-electron chi connectivity index (χ1n) is 9.29. The third kappa shape index (κ3) is 3.25. The number of allylic oxidation sites excluding steroid dienone is 1. The topological polar surface area (TPSA) is 51.0 Å². The van der Waals surface area contributed by atoms with Crippen molar-refractivity contribution in [2.24, 2.45) is 5.92 Å². The molecule has 0 spiro atoms. The first-order valence-corrected chi connectivity index (χ1v) is 9.29. The molecule has 2 aliphatic heterocycles. The largest absolute Gasteiger partial charge is 0.507 e. The number of hydrogen-bond donors (Lipinski definition) is 2. The Hall–Kier alpha value is -2.59. The molecule has 4 nitrogen and oxygen atoms in total. The number of fused-ring (bicyclic) bond motifs is 1. The van der Waals surface area contributed by atoms with E-state index in [1.165, 1.54) is 17.7 Å². The summed E-state index contributed by atoms with van der Waals surface area (Å²) in [7, 11) is 0. The second-order valence-corrected chi connectivity index (χ2v) is 7.42. The van der Waals surface area contributed by atoms with Crippen molar-refractivity contribution in [2.75, 3.05) is 13.1 Å². The van der Waals surface area contributed by atoms with E-state index in [-0.39, 0.29) is 11.5 Å². The normalized spacial score (nSPS) is 23.7. The number of nitrogens with one attached hydrogen (secondary N) is 1. The van der Waals surface area contributed by atoms with Crippen LogP contribution in [0.3, 0.4) is 0 Å². The average molecular weight is 350 g/mol. The van der Waals surface area contributed by atoms with Crippen LogP contribution in [-0.4, -0.2) is 24.0 Å². The molecule has 0 aliphatic carbocycles. The van der Waals surface area contributed by atoms with Crippen LogP contribution in [0.5, 0.6) is 11.5 Å². The van der Waals surface area contributed by atoms with Crippen LogP contribution in [-0.2, 0) is 6.54 Å². The molecule has 2 atom stereocenters. The highest BCUT2D eigenvalue weighted by Crippen LogP contribution is 2.39. The van der Waals surface area contributed by atoms with Crippen LogP contribution >= 0.6 is 0 Å². The van der Waals surface area contributed by atoms with Gasteiger partial charge >= 0.3 is 0 Å². The van der Waals surface area contributed by atoms with Gasteiger partial charge in [0.1, 0.15) is 12.3 Å². The molecule has 0 radical (unpaired) electrons. The number of ether oxygens (including phenoxy) is 1. The number of carbonyl (C=O) groups excluding carboxylic acids is 1. The highest BCUT2D eigenvalue weighted by atomic mass is 16.5. The van der Waals surface area contributed by atoms with Crippen molar-refractivity contribution >= 4 is 11.9 Å². The summed E-state index contributed by atoms with van der Waals surface area (Å²) in [6.45, 7) is 5.14. The molecule has 0 saturated carbocycles. The smallest absolute Gasteiger partial charge is 0.231 e. The van der Waals surface area contributed by atoms with E-state index in [0.717, 1.165) is 24.2 Å². The molecular formula is C22H24NO3+. The summed E-state index contributed by atoms with van der Waals surface area (Å²) < 4.78 is 5.94. The van der Waals surface area contributed by atoms with E-state index in [0.29, 0.717) is 29.5 Å². The molecule has 2 heterocycles. The van der Waals surface area contributed by atoms with Crippen molar-refractivity contribution in [1.82, 2.24) is 0 Å². The summed E-state index contributed by atoms with van der Waals surface area (Å²) in [5, 5.41) is 10.4. The number of rotatable bonds is 3. The Labute approximate surface area is 153 Å². The summed E-state index contributed by atoms with van der Waals surface area (Å²) in [5.41, 5.74) is 2.21. The molecule has 1 saturated heterocycles. The molecule has 26 heavy (non-hydrogen) atoms. The van der Waals surface area contributed by atoms with Gasteiger partial charge in [-0.05, 0) is 36.6 Å². The van der Waals surface area contributed by atoms with Gasteiger partial charge in [-0.25, -0.2) is 0 Å². The second kappa shape index (κ2) is 6.96. The number of piperidine rings is 1. The van der Waals surface area contributed by atoms with E-state index in [9.17, 15) is 9.90 Å². The van der Waals surface area contributed by atoms with Gasteiger partial charge in [-0.15, -0.1) is 0 Å². The number of phenols is 1. The van der Waals surface area contributed by atoms with Crippen LogP contribution in [0.25, 0.3) is 6.08 Å². The van der Waals surface area contributed by atoms with Crippen LogP contribution < -0.4 is 9.64 Å². The maximum Gasteiger partial charge on any atom is 0.231 e. The lowest BCUT2D eigenvalue weighted by Crippen LogP contribution is -3.12. The fraction of sp³-hybridized carbons (Fsp3) is 0.318. The first-order chi connectivity index (χ1) is 12.6. The van der Waals surface area contributed by atoms with Crippen LogP contribution in [0.4, 0.5) is 0 Å². The SMILES string of the molecule is C[C@H]1CCC[NH+](Cc2c(O)ccc3c2OC(=Cc2ccccc2)C3=O)C1. The van der Waals surface area contributed by atoms with E-state index in [4.69, 9.17) is 4.74 Å². The van der Waals surface area contributed by atoms with Crippen LogP contribution in [0.1, 0.15) is 41.3 Å². The highest BCUT2D eigenvalue weighted by Gasteiger charge is 2.33. The van der Waals surface area contributed by atoms with Gasteiger partial charge in [0.2, 0.25) is 5.78 Å². The number of phenolic OH excluding ortho intramolecular Hbond substituents is 1. The van der Waals surface area contributed by atoms with E-state index < -0.39 is 0 Å². The van der Waals surface area contributed by atoms with Crippen molar-refractivity contribution in [2.45, 2.75) is 26.3 Å². The number of quaternary nitrogens is 1. The number of carbonyl (C=O) groups is 1. The predicted octanol–water partition coefficient (Wildman–Crippen LogP) is 2.82. The number of hydrogen-bond acceptors (Lipinski definition) is 3. The van der Waals surface area contributed by atoms with E-state index in [1.54, 1.807) is 18.2 Å². The molecule has 4 heteroatoms. The zero-order valence-corrected chi connectivity index (χ0v) is 15.0. The quantitative estimate of drug-likeness (QED) is 0.837. The number of ketones is 1. The maximum atomic E-state index is 12.7. The molecule has 4 rings (SSSR count). The fourth-order valence-electron chi connectivity index (χ4n) is 3.98. The second-order valence-electron chi connectivity index (χ2n) is 7.42. The predicted molar refractivity (Wildman–Crippen MR) is 100 cm³/mol.